The molecule has 1 amide bonds. The molecule has 0 aliphatic heterocycles. The zero-order chi connectivity index (χ0) is 16.0. The molecule has 2 heteroatoms. The minimum atomic E-state index is -0.0598. The first-order valence-electron chi connectivity index (χ1n) is 8.77. The zero-order valence-corrected chi connectivity index (χ0v) is 15.0. The third kappa shape index (κ3) is 5.84. The number of hydrogen-bond acceptors (Lipinski definition) is 1. The van der Waals surface area contributed by atoms with Crippen LogP contribution in [0.25, 0.3) is 0 Å². The molecule has 1 aliphatic rings. The van der Waals surface area contributed by atoms with Crippen molar-refractivity contribution >= 4 is 5.91 Å². The third-order valence-electron chi connectivity index (χ3n) is 4.70. The van der Waals surface area contributed by atoms with E-state index in [1.54, 1.807) is 0 Å². The van der Waals surface area contributed by atoms with Gasteiger partial charge in [-0.2, -0.15) is 0 Å². The highest BCUT2D eigenvalue weighted by molar-refractivity contribution is 5.79. The summed E-state index contributed by atoms with van der Waals surface area (Å²) < 4.78 is 0. The average Bonchev–Trinajstić information content (AvgIpc) is 3.16. The lowest BCUT2D eigenvalue weighted by Crippen LogP contribution is -2.48. The van der Waals surface area contributed by atoms with Crippen molar-refractivity contribution < 1.29 is 4.79 Å². The smallest absolute Gasteiger partial charge is 0.225 e. The maximum absolute atomic E-state index is 12.6. The van der Waals surface area contributed by atoms with Crippen LogP contribution in [0.15, 0.2) is 12.2 Å². The van der Waals surface area contributed by atoms with Crippen molar-refractivity contribution in [3.8, 4) is 0 Å². The minimum absolute atomic E-state index is 0.0598. The van der Waals surface area contributed by atoms with E-state index in [4.69, 9.17) is 0 Å². The van der Waals surface area contributed by atoms with Crippen LogP contribution in [-0.2, 0) is 4.79 Å². The van der Waals surface area contributed by atoms with Gasteiger partial charge < -0.3 is 4.90 Å². The highest BCUT2D eigenvalue weighted by atomic mass is 16.2. The van der Waals surface area contributed by atoms with E-state index in [9.17, 15) is 4.79 Å². The summed E-state index contributed by atoms with van der Waals surface area (Å²) >= 11 is 0. The average molecular weight is 293 g/mol. The molecule has 0 aromatic carbocycles. The Bertz CT molecular complexity index is 353. The number of amides is 1. The molecule has 2 nitrogen and oxygen atoms in total. The molecule has 1 rings (SSSR count). The Labute approximate surface area is 132 Å². The third-order valence-corrected chi connectivity index (χ3v) is 4.70. The van der Waals surface area contributed by atoms with Crippen LogP contribution in [0.3, 0.4) is 0 Å². The van der Waals surface area contributed by atoms with E-state index < -0.39 is 0 Å². The van der Waals surface area contributed by atoms with E-state index in [0.29, 0.717) is 5.91 Å². The molecule has 21 heavy (non-hydrogen) atoms. The van der Waals surface area contributed by atoms with E-state index in [-0.39, 0.29) is 11.5 Å². The number of allylic oxidation sites excluding steroid dienone is 2. The molecule has 1 aliphatic carbocycles. The Kier molecular flexibility index (Phi) is 6.96. The number of carbonyl (C=O) groups excluding carboxylic acids is 1. The summed E-state index contributed by atoms with van der Waals surface area (Å²) in [5, 5.41) is 0. The van der Waals surface area contributed by atoms with Crippen molar-refractivity contribution in [3.63, 3.8) is 0 Å². The minimum Gasteiger partial charge on any atom is -0.337 e. The van der Waals surface area contributed by atoms with E-state index in [0.717, 1.165) is 31.2 Å². The number of carbonyl (C=O) groups is 1. The fourth-order valence-electron chi connectivity index (χ4n) is 2.85. The summed E-state index contributed by atoms with van der Waals surface area (Å²) in [6.07, 6.45) is 10.4. The van der Waals surface area contributed by atoms with Crippen LogP contribution in [0.2, 0.25) is 0 Å². The van der Waals surface area contributed by atoms with Gasteiger partial charge in [0.05, 0.1) is 0 Å². The van der Waals surface area contributed by atoms with Crippen LogP contribution in [0.4, 0.5) is 0 Å². The van der Waals surface area contributed by atoms with E-state index >= 15 is 0 Å². The van der Waals surface area contributed by atoms with Gasteiger partial charge in [-0.1, -0.05) is 32.9 Å². The Hall–Kier alpha value is -0.790. The van der Waals surface area contributed by atoms with Gasteiger partial charge in [0.1, 0.15) is 0 Å². The fourth-order valence-corrected chi connectivity index (χ4v) is 2.85. The second-order valence-corrected chi connectivity index (χ2v) is 7.64. The Morgan fingerprint density at radius 3 is 2.43 bits per heavy atom. The molecule has 0 aromatic rings. The van der Waals surface area contributed by atoms with Gasteiger partial charge in [-0.25, -0.2) is 0 Å². The van der Waals surface area contributed by atoms with E-state index in [1.807, 2.05) is 0 Å². The molecule has 0 heterocycles. The van der Waals surface area contributed by atoms with Crippen molar-refractivity contribution in [2.75, 3.05) is 6.54 Å². The van der Waals surface area contributed by atoms with Gasteiger partial charge in [0.2, 0.25) is 5.91 Å². The molecule has 0 aromatic heterocycles. The summed E-state index contributed by atoms with van der Waals surface area (Å²) in [5.74, 6) is 2.05. The zero-order valence-electron chi connectivity index (χ0n) is 15.0. The van der Waals surface area contributed by atoms with Crippen molar-refractivity contribution in [1.82, 2.24) is 4.90 Å². The molecule has 3 atom stereocenters. The largest absolute Gasteiger partial charge is 0.337 e. The molecular weight excluding hydrogens is 258 g/mol. The second kappa shape index (κ2) is 8.00. The van der Waals surface area contributed by atoms with E-state index in [1.165, 1.54) is 19.3 Å². The molecule has 122 valence electrons. The van der Waals surface area contributed by atoms with Crippen molar-refractivity contribution in [1.29, 1.82) is 0 Å². The Balaban J connectivity index is 2.49. The molecule has 0 N–H and O–H groups in total. The van der Waals surface area contributed by atoms with E-state index in [2.05, 4.69) is 58.6 Å². The number of hydrogen-bond donors (Lipinski definition) is 0. The summed E-state index contributed by atoms with van der Waals surface area (Å²) in [6, 6.07) is 0. The summed E-state index contributed by atoms with van der Waals surface area (Å²) in [5.41, 5.74) is -0.0598. The van der Waals surface area contributed by atoms with Crippen molar-refractivity contribution in [2.24, 2.45) is 17.8 Å². The van der Waals surface area contributed by atoms with Crippen LogP contribution >= 0.6 is 0 Å². The van der Waals surface area contributed by atoms with Gasteiger partial charge in [-0.15, -0.1) is 0 Å². The summed E-state index contributed by atoms with van der Waals surface area (Å²) in [7, 11) is 0. The first kappa shape index (κ1) is 18.3. The Morgan fingerprint density at radius 1 is 1.24 bits per heavy atom. The first-order chi connectivity index (χ1) is 9.81. The first-order valence-corrected chi connectivity index (χ1v) is 8.77. The monoisotopic (exact) mass is 293 g/mol. The van der Waals surface area contributed by atoms with Gasteiger partial charge in [0.25, 0.3) is 0 Å². The van der Waals surface area contributed by atoms with Crippen LogP contribution in [-0.4, -0.2) is 22.9 Å². The fraction of sp³-hybridized carbons (Fsp3) is 0.842. The second-order valence-electron chi connectivity index (χ2n) is 7.64. The SMILES string of the molecule is CC/C=C\CCC1CC1CN(C(=O)C(C)CC)C(C)(C)C. The molecule has 1 saturated carbocycles. The molecule has 3 unspecified atom stereocenters. The van der Waals surface area contributed by atoms with Crippen LogP contribution < -0.4 is 0 Å². The molecular formula is C19H35NO. The highest BCUT2D eigenvalue weighted by Gasteiger charge is 2.41. The predicted molar refractivity (Wildman–Crippen MR) is 91.2 cm³/mol. The van der Waals surface area contributed by atoms with Gasteiger partial charge in [-0.3, -0.25) is 4.79 Å². The van der Waals surface area contributed by atoms with Gasteiger partial charge in [0.15, 0.2) is 0 Å². The van der Waals surface area contributed by atoms with Crippen LogP contribution in [0, 0.1) is 17.8 Å². The standard InChI is InChI=1S/C19H35NO/c1-7-9-10-11-12-16-13-17(16)14-20(19(4,5)6)18(21)15(3)8-2/h9-10,15-17H,7-8,11-14H2,1-6H3/b10-9-. The lowest BCUT2D eigenvalue weighted by Gasteiger charge is -2.37. The van der Waals surface area contributed by atoms with Gasteiger partial charge >= 0.3 is 0 Å². The lowest BCUT2D eigenvalue weighted by molar-refractivity contribution is -0.140. The molecule has 0 spiro atoms. The normalized spacial score (nSPS) is 23.3. The summed E-state index contributed by atoms with van der Waals surface area (Å²) in [6.45, 7) is 13.8. The van der Waals surface area contributed by atoms with Crippen molar-refractivity contribution in [2.45, 2.75) is 79.2 Å². The van der Waals surface area contributed by atoms with Gasteiger partial charge in [-0.05, 0) is 64.7 Å². The summed E-state index contributed by atoms with van der Waals surface area (Å²) in [4.78, 5) is 14.7. The predicted octanol–water partition coefficient (Wildman–Crippen LogP) is 5.04. The quantitative estimate of drug-likeness (QED) is 0.574. The van der Waals surface area contributed by atoms with Crippen molar-refractivity contribution in [3.05, 3.63) is 12.2 Å². The molecule has 0 bridgehead atoms. The maximum Gasteiger partial charge on any atom is 0.225 e. The lowest BCUT2D eigenvalue weighted by atomic mass is 9.99. The number of rotatable bonds is 8. The topological polar surface area (TPSA) is 20.3 Å². The maximum atomic E-state index is 12.6. The molecule has 1 fully saturated rings. The molecule has 0 saturated heterocycles. The van der Waals surface area contributed by atoms with Crippen LogP contribution in [0.1, 0.15) is 73.6 Å². The van der Waals surface area contributed by atoms with Crippen LogP contribution in [0.5, 0.6) is 0 Å². The molecule has 0 radical (unpaired) electrons. The van der Waals surface area contributed by atoms with Gasteiger partial charge in [0, 0.05) is 18.0 Å². The highest BCUT2D eigenvalue weighted by Crippen LogP contribution is 2.43. The Morgan fingerprint density at radius 2 is 1.90 bits per heavy atom. The number of nitrogens with zero attached hydrogens (tertiary/aromatic N) is 1.